The minimum Gasteiger partial charge on any atom is -0.387 e. The summed E-state index contributed by atoms with van der Waals surface area (Å²) in [4.78, 5) is 23.0. The molecule has 0 spiro atoms. The number of rotatable bonds is 41. The number of amides is 1. The third kappa shape index (κ3) is 40.7. The number of phosphoric acid groups is 1. The molecule has 0 saturated carbocycles. The molecule has 0 saturated heterocycles. The minimum absolute atomic E-state index is 0.0552. The maximum absolute atomic E-state index is 12.8. The molecule has 0 aliphatic rings. The quantitative estimate of drug-likeness (QED) is 0.0246. The lowest BCUT2D eigenvalue weighted by Crippen LogP contribution is -2.45. The highest BCUT2D eigenvalue weighted by Gasteiger charge is 2.27. The number of likely N-dealkylation sites (N-methyl/N-ethyl adjacent to an activating group) is 1. The Balaban J connectivity index is 4.19. The number of phosphoric ester groups is 1. The maximum atomic E-state index is 12.8. The molecule has 0 bridgehead atoms. The number of quaternary nitrogens is 1. The predicted octanol–water partition coefficient (Wildman–Crippen LogP) is 12.7. The molecule has 1 amide bonds. The molecule has 3 unspecified atom stereocenters. The minimum atomic E-state index is -4.34. The average Bonchev–Trinajstić information content (AvgIpc) is 3.13. The number of carbonyl (C=O) groups is 1. The fourth-order valence-corrected chi connectivity index (χ4v) is 7.14. The van der Waals surface area contributed by atoms with E-state index in [2.05, 4.69) is 43.5 Å². The van der Waals surface area contributed by atoms with E-state index in [9.17, 15) is 19.4 Å². The first kappa shape index (κ1) is 53.7. The maximum Gasteiger partial charge on any atom is 0.472 e. The van der Waals surface area contributed by atoms with Crippen molar-refractivity contribution in [1.82, 2.24) is 5.32 Å². The number of nitrogens with zero attached hydrogens (tertiary/aromatic N) is 1. The normalized spacial score (nSPS) is 14.7. The Morgan fingerprint density at radius 2 is 1.00 bits per heavy atom. The molecule has 0 aliphatic carbocycles. The van der Waals surface area contributed by atoms with Gasteiger partial charge in [0.2, 0.25) is 5.91 Å². The third-order valence-electron chi connectivity index (χ3n) is 10.1. The van der Waals surface area contributed by atoms with Crippen molar-refractivity contribution in [2.24, 2.45) is 0 Å². The highest BCUT2D eigenvalue weighted by Crippen LogP contribution is 2.43. The summed E-state index contributed by atoms with van der Waals surface area (Å²) in [6, 6.07) is -0.861. The van der Waals surface area contributed by atoms with E-state index in [0.29, 0.717) is 17.4 Å². The van der Waals surface area contributed by atoms with Gasteiger partial charge in [-0.3, -0.25) is 13.8 Å². The Morgan fingerprint density at radius 1 is 0.600 bits per heavy atom. The predicted molar refractivity (Wildman–Crippen MR) is 235 cm³/mol. The fraction of sp³-hybridized carbons (Fsp3) is 0.848. The molecule has 0 fully saturated rings. The summed E-state index contributed by atoms with van der Waals surface area (Å²) in [7, 11) is 1.55. The van der Waals surface area contributed by atoms with E-state index in [1.807, 2.05) is 27.2 Å². The molecule has 324 valence electrons. The fourth-order valence-electron chi connectivity index (χ4n) is 6.40. The van der Waals surface area contributed by atoms with Gasteiger partial charge in [0.25, 0.3) is 0 Å². The number of hydrogen-bond acceptors (Lipinski definition) is 5. The summed E-state index contributed by atoms with van der Waals surface area (Å²) in [6.07, 6.45) is 46.7. The second-order valence-corrected chi connectivity index (χ2v) is 18.2. The van der Waals surface area contributed by atoms with E-state index < -0.39 is 20.0 Å². The molecule has 0 aromatic heterocycles. The largest absolute Gasteiger partial charge is 0.472 e. The lowest BCUT2D eigenvalue weighted by Gasteiger charge is -2.25. The zero-order chi connectivity index (χ0) is 40.7. The summed E-state index contributed by atoms with van der Waals surface area (Å²) in [6.45, 7) is 4.74. The molecule has 0 aromatic rings. The van der Waals surface area contributed by atoms with E-state index in [-0.39, 0.29) is 19.1 Å². The SMILES string of the molecule is CCCCC/C=C/CC/C=C/C(O)C(COP(=O)(O)OCC[N+](C)(C)C)NC(=O)CCCCCCCCCC/C=C\CCCCCCCCCCCCCC. The van der Waals surface area contributed by atoms with Crippen molar-refractivity contribution in [3.63, 3.8) is 0 Å². The summed E-state index contributed by atoms with van der Waals surface area (Å²) in [5.41, 5.74) is 0. The van der Waals surface area contributed by atoms with E-state index >= 15 is 0 Å². The van der Waals surface area contributed by atoms with Gasteiger partial charge in [-0.15, -0.1) is 0 Å². The van der Waals surface area contributed by atoms with Gasteiger partial charge in [0.1, 0.15) is 13.2 Å². The van der Waals surface area contributed by atoms with Gasteiger partial charge in [0.05, 0.1) is 39.9 Å². The van der Waals surface area contributed by atoms with Crippen LogP contribution in [-0.2, 0) is 18.4 Å². The van der Waals surface area contributed by atoms with Crippen molar-refractivity contribution in [3.8, 4) is 0 Å². The van der Waals surface area contributed by atoms with Crippen molar-refractivity contribution in [3.05, 3.63) is 36.5 Å². The molecule has 0 heterocycles. The second-order valence-electron chi connectivity index (χ2n) is 16.8. The second kappa shape index (κ2) is 38.2. The molecule has 0 rings (SSSR count). The van der Waals surface area contributed by atoms with Crippen LogP contribution in [0.25, 0.3) is 0 Å². The van der Waals surface area contributed by atoms with Crippen molar-refractivity contribution >= 4 is 13.7 Å². The number of aliphatic hydroxyl groups is 1. The molecule has 3 atom stereocenters. The highest BCUT2D eigenvalue weighted by atomic mass is 31.2. The Morgan fingerprint density at radius 3 is 1.49 bits per heavy atom. The number of aliphatic hydroxyl groups excluding tert-OH is 1. The van der Waals surface area contributed by atoms with Crippen LogP contribution in [0.15, 0.2) is 36.5 Å². The van der Waals surface area contributed by atoms with Crippen LogP contribution >= 0.6 is 7.82 Å². The van der Waals surface area contributed by atoms with E-state index in [1.54, 1.807) is 6.08 Å². The average molecular weight is 798 g/mol. The van der Waals surface area contributed by atoms with Gasteiger partial charge in [-0.1, -0.05) is 172 Å². The van der Waals surface area contributed by atoms with Crippen LogP contribution in [0, 0.1) is 0 Å². The van der Waals surface area contributed by atoms with Crippen LogP contribution in [0.3, 0.4) is 0 Å². The standard InChI is InChI=1S/C46H89N2O6P/c1-6-8-10-12-14-16-17-18-19-20-21-22-23-24-25-26-27-28-29-30-32-34-36-38-40-46(50)47-44(43-54-55(51,52)53-42-41-48(3,4)5)45(49)39-37-35-33-31-15-13-11-9-7-2/h15,24-25,31,37,39,44-45,49H,6-14,16-23,26-30,32-36,38,40-43H2,1-5H3,(H-,47,50,51,52)/p+1/b25-24-,31-15+,39-37+. The van der Waals surface area contributed by atoms with Gasteiger partial charge in [0.15, 0.2) is 0 Å². The van der Waals surface area contributed by atoms with Gasteiger partial charge in [0, 0.05) is 6.42 Å². The van der Waals surface area contributed by atoms with Crippen LogP contribution in [0.4, 0.5) is 0 Å². The summed E-state index contributed by atoms with van der Waals surface area (Å²) in [5, 5.41) is 13.7. The van der Waals surface area contributed by atoms with E-state index in [4.69, 9.17) is 9.05 Å². The molecular formula is C46H90N2O6P+. The van der Waals surface area contributed by atoms with Gasteiger partial charge in [-0.2, -0.15) is 0 Å². The number of hydrogen-bond donors (Lipinski definition) is 3. The number of carbonyl (C=O) groups excluding carboxylic acids is 1. The van der Waals surface area contributed by atoms with E-state index in [0.717, 1.165) is 38.5 Å². The first-order valence-electron chi connectivity index (χ1n) is 22.9. The zero-order valence-corrected chi connectivity index (χ0v) is 37.6. The number of unbranched alkanes of at least 4 members (excludes halogenated alkanes) is 24. The monoisotopic (exact) mass is 798 g/mol. The Kier molecular flexibility index (Phi) is 37.4. The molecule has 0 aromatic carbocycles. The van der Waals surface area contributed by atoms with Crippen molar-refractivity contribution in [1.29, 1.82) is 0 Å². The van der Waals surface area contributed by atoms with Gasteiger partial charge < -0.3 is 19.8 Å². The highest BCUT2D eigenvalue weighted by molar-refractivity contribution is 7.47. The van der Waals surface area contributed by atoms with E-state index in [1.165, 1.54) is 141 Å². The van der Waals surface area contributed by atoms with Gasteiger partial charge in [-0.25, -0.2) is 4.57 Å². The molecular weight excluding hydrogens is 707 g/mol. The topological polar surface area (TPSA) is 105 Å². The zero-order valence-electron chi connectivity index (χ0n) is 36.7. The lowest BCUT2D eigenvalue weighted by atomic mass is 10.0. The first-order chi connectivity index (χ1) is 26.5. The molecule has 9 heteroatoms. The molecule has 55 heavy (non-hydrogen) atoms. The third-order valence-corrected chi connectivity index (χ3v) is 11.1. The summed E-state index contributed by atoms with van der Waals surface area (Å²) in [5.74, 6) is -0.193. The summed E-state index contributed by atoms with van der Waals surface area (Å²) < 4.78 is 23.5. The van der Waals surface area contributed by atoms with Crippen molar-refractivity contribution < 1.29 is 32.9 Å². The van der Waals surface area contributed by atoms with Crippen molar-refractivity contribution in [2.75, 3.05) is 40.9 Å². The van der Waals surface area contributed by atoms with Crippen LogP contribution < -0.4 is 5.32 Å². The molecule has 8 nitrogen and oxygen atoms in total. The van der Waals surface area contributed by atoms with Crippen LogP contribution in [0.2, 0.25) is 0 Å². The molecule has 3 N–H and O–H groups in total. The van der Waals surface area contributed by atoms with Crippen LogP contribution in [-0.4, -0.2) is 73.4 Å². The van der Waals surface area contributed by atoms with Gasteiger partial charge in [-0.05, 0) is 57.8 Å². The van der Waals surface area contributed by atoms with Crippen LogP contribution in [0.1, 0.15) is 200 Å². The van der Waals surface area contributed by atoms with Gasteiger partial charge >= 0.3 is 7.82 Å². The van der Waals surface area contributed by atoms with Crippen LogP contribution in [0.5, 0.6) is 0 Å². The Bertz CT molecular complexity index is 995. The lowest BCUT2D eigenvalue weighted by molar-refractivity contribution is -0.870. The Labute approximate surface area is 340 Å². The van der Waals surface area contributed by atoms with Crippen molar-refractivity contribution in [2.45, 2.75) is 212 Å². The molecule has 0 aliphatic heterocycles. The first-order valence-corrected chi connectivity index (χ1v) is 24.4. The number of allylic oxidation sites excluding steroid dienone is 5. The Hall–Kier alpha value is -1.28. The smallest absolute Gasteiger partial charge is 0.387 e. The number of nitrogens with one attached hydrogen (secondary N) is 1. The molecule has 0 radical (unpaired) electrons. The summed E-state index contributed by atoms with van der Waals surface area (Å²) >= 11 is 0.